The number of amides is 1. The van der Waals surface area contributed by atoms with Crippen molar-refractivity contribution in [2.45, 2.75) is 31.5 Å². The molecule has 1 aliphatic heterocycles. The van der Waals surface area contributed by atoms with Gasteiger partial charge < -0.3 is 19.1 Å². The molecule has 1 unspecified atom stereocenters. The molecule has 0 spiro atoms. The van der Waals surface area contributed by atoms with E-state index in [0.29, 0.717) is 30.9 Å². The van der Waals surface area contributed by atoms with Gasteiger partial charge in [-0.25, -0.2) is 4.98 Å². The van der Waals surface area contributed by atoms with Crippen LogP contribution in [0.3, 0.4) is 0 Å². The fourth-order valence-electron chi connectivity index (χ4n) is 3.24. The lowest BCUT2D eigenvalue weighted by atomic mass is 10.1. The molecule has 2 heterocycles. The number of carbonyl (C=O) groups is 1. The van der Waals surface area contributed by atoms with Crippen molar-refractivity contribution in [3.8, 4) is 17.5 Å². The average Bonchev–Trinajstić information content (AvgIpc) is 2.73. The molecule has 1 atom stereocenters. The number of hydrogen-bond acceptors (Lipinski definition) is 6. The van der Waals surface area contributed by atoms with Crippen LogP contribution in [0.15, 0.2) is 30.5 Å². The lowest BCUT2D eigenvalue weighted by Gasteiger charge is -2.32. The molecule has 0 saturated carbocycles. The van der Waals surface area contributed by atoms with Crippen molar-refractivity contribution in [3.63, 3.8) is 0 Å². The Morgan fingerprint density at radius 3 is 2.67 bits per heavy atom. The van der Waals surface area contributed by atoms with E-state index in [1.165, 1.54) is 14.2 Å². The minimum absolute atomic E-state index is 0.111. The number of methoxy groups -OCH3 is 2. The molecule has 162 valence electrons. The van der Waals surface area contributed by atoms with Crippen LogP contribution in [0.5, 0.6) is 17.5 Å². The van der Waals surface area contributed by atoms with Gasteiger partial charge in [0.1, 0.15) is 6.10 Å². The number of halogens is 3. The van der Waals surface area contributed by atoms with Crippen LogP contribution in [-0.2, 0) is 17.4 Å². The molecule has 3 rings (SSSR count). The maximum absolute atomic E-state index is 12.8. The van der Waals surface area contributed by atoms with Crippen LogP contribution >= 0.6 is 0 Å². The quantitative estimate of drug-likeness (QED) is 0.708. The molecule has 1 saturated heterocycles. The number of alkyl halides is 3. The van der Waals surface area contributed by atoms with Crippen molar-refractivity contribution in [3.05, 3.63) is 41.7 Å². The maximum atomic E-state index is 12.8. The Bertz CT molecular complexity index is 892. The van der Waals surface area contributed by atoms with Gasteiger partial charge in [0.25, 0.3) is 0 Å². The highest BCUT2D eigenvalue weighted by molar-refractivity contribution is 5.79. The van der Waals surface area contributed by atoms with Gasteiger partial charge in [0.15, 0.2) is 17.2 Å². The number of carbonyl (C=O) groups excluding carboxylic acids is 1. The van der Waals surface area contributed by atoms with Gasteiger partial charge >= 0.3 is 12.2 Å². The highest BCUT2D eigenvalue weighted by Crippen LogP contribution is 2.29. The summed E-state index contributed by atoms with van der Waals surface area (Å²) in [5.74, 6) is 0.992. The second-order valence-corrected chi connectivity index (χ2v) is 6.81. The van der Waals surface area contributed by atoms with Crippen LogP contribution < -0.4 is 14.2 Å². The van der Waals surface area contributed by atoms with Crippen molar-refractivity contribution in [1.82, 2.24) is 14.9 Å². The van der Waals surface area contributed by atoms with Gasteiger partial charge in [0.2, 0.25) is 5.91 Å². The lowest BCUT2D eigenvalue weighted by molar-refractivity contribution is -0.141. The zero-order valence-corrected chi connectivity index (χ0v) is 16.6. The molecule has 30 heavy (non-hydrogen) atoms. The minimum atomic E-state index is -4.57. The van der Waals surface area contributed by atoms with Crippen LogP contribution in [0.4, 0.5) is 13.2 Å². The molecule has 0 bridgehead atoms. The molecule has 7 nitrogen and oxygen atoms in total. The number of nitrogens with zero attached hydrogens (tertiary/aromatic N) is 3. The fourth-order valence-corrected chi connectivity index (χ4v) is 3.24. The largest absolute Gasteiger partial charge is 0.493 e. The molecule has 1 aromatic carbocycles. The number of hydrogen-bond donors (Lipinski definition) is 0. The predicted molar refractivity (Wildman–Crippen MR) is 101 cm³/mol. The van der Waals surface area contributed by atoms with Crippen LogP contribution in [0, 0.1) is 0 Å². The van der Waals surface area contributed by atoms with Crippen LogP contribution in [-0.4, -0.2) is 54.2 Å². The zero-order valence-electron chi connectivity index (χ0n) is 16.6. The van der Waals surface area contributed by atoms with Gasteiger partial charge in [-0.3, -0.25) is 4.79 Å². The zero-order chi connectivity index (χ0) is 21.7. The number of piperidine rings is 1. The number of ether oxygens (including phenoxy) is 3. The van der Waals surface area contributed by atoms with Gasteiger partial charge in [-0.05, 0) is 36.6 Å². The molecule has 0 aliphatic carbocycles. The maximum Gasteiger partial charge on any atom is 0.433 e. The first-order valence-corrected chi connectivity index (χ1v) is 9.35. The van der Waals surface area contributed by atoms with Crippen molar-refractivity contribution in [1.29, 1.82) is 0 Å². The van der Waals surface area contributed by atoms with Crippen LogP contribution in [0.1, 0.15) is 24.1 Å². The first-order valence-electron chi connectivity index (χ1n) is 9.35. The SMILES string of the molecule is COc1ccc(CC(=O)N2CCCC(Oc3nccc(C(F)(F)F)n3)C2)cc1OC. The van der Waals surface area contributed by atoms with Crippen LogP contribution in [0.25, 0.3) is 0 Å². The molecule has 0 radical (unpaired) electrons. The summed E-state index contributed by atoms with van der Waals surface area (Å²) in [6, 6.07) is 5.70. The summed E-state index contributed by atoms with van der Waals surface area (Å²) < 4.78 is 54.4. The van der Waals surface area contributed by atoms with Gasteiger partial charge in [-0.2, -0.15) is 18.2 Å². The number of benzene rings is 1. The van der Waals surface area contributed by atoms with Gasteiger partial charge in [0.05, 0.1) is 27.2 Å². The summed E-state index contributed by atoms with van der Waals surface area (Å²) in [6.07, 6.45) is -2.62. The second-order valence-electron chi connectivity index (χ2n) is 6.81. The molecule has 10 heteroatoms. The third-order valence-electron chi connectivity index (χ3n) is 4.73. The van der Waals surface area contributed by atoms with Crippen molar-refractivity contribution >= 4 is 5.91 Å². The molecule has 0 N–H and O–H groups in total. The standard InChI is InChI=1S/C20H22F3N3O4/c1-28-15-6-5-13(10-16(15)29-2)11-18(27)26-9-3-4-14(12-26)30-19-24-8-7-17(25-19)20(21,22)23/h5-8,10,14H,3-4,9,11-12H2,1-2H3. The first-order chi connectivity index (χ1) is 14.3. The number of rotatable bonds is 6. The van der Waals surface area contributed by atoms with E-state index in [0.717, 1.165) is 17.8 Å². The Kier molecular flexibility index (Phi) is 6.63. The predicted octanol–water partition coefficient (Wildman–Crippen LogP) is 3.13. The van der Waals surface area contributed by atoms with E-state index in [4.69, 9.17) is 14.2 Å². The van der Waals surface area contributed by atoms with Gasteiger partial charge in [-0.1, -0.05) is 6.07 Å². The fraction of sp³-hybridized carbons (Fsp3) is 0.450. The Labute approximate surface area is 171 Å². The normalized spacial score (nSPS) is 16.8. The Balaban J connectivity index is 1.62. The molecule has 1 fully saturated rings. The Hall–Kier alpha value is -3.04. The van der Waals surface area contributed by atoms with E-state index < -0.39 is 18.0 Å². The topological polar surface area (TPSA) is 73.8 Å². The Morgan fingerprint density at radius 2 is 1.97 bits per heavy atom. The molecule has 2 aromatic rings. The van der Waals surface area contributed by atoms with Gasteiger partial charge in [0, 0.05) is 12.7 Å². The highest BCUT2D eigenvalue weighted by Gasteiger charge is 2.33. The molecule has 1 aliphatic rings. The summed E-state index contributed by atoms with van der Waals surface area (Å²) in [5, 5.41) is 0. The van der Waals surface area contributed by atoms with E-state index in [1.54, 1.807) is 23.1 Å². The third-order valence-corrected chi connectivity index (χ3v) is 4.73. The molecule has 1 amide bonds. The first kappa shape index (κ1) is 21.7. The number of likely N-dealkylation sites (tertiary alicyclic amines) is 1. The molecular weight excluding hydrogens is 403 g/mol. The Morgan fingerprint density at radius 1 is 1.20 bits per heavy atom. The highest BCUT2D eigenvalue weighted by atomic mass is 19.4. The van der Waals surface area contributed by atoms with E-state index >= 15 is 0 Å². The minimum Gasteiger partial charge on any atom is -0.493 e. The van der Waals surface area contributed by atoms with E-state index in [9.17, 15) is 18.0 Å². The monoisotopic (exact) mass is 425 g/mol. The molecular formula is C20H22F3N3O4. The third kappa shape index (κ3) is 5.31. The van der Waals surface area contributed by atoms with Crippen LogP contribution in [0.2, 0.25) is 0 Å². The summed E-state index contributed by atoms with van der Waals surface area (Å²) >= 11 is 0. The summed E-state index contributed by atoms with van der Waals surface area (Å²) in [7, 11) is 3.05. The van der Waals surface area contributed by atoms with Crippen molar-refractivity contribution in [2.24, 2.45) is 0 Å². The molecule has 1 aromatic heterocycles. The van der Waals surface area contributed by atoms with Gasteiger partial charge in [-0.15, -0.1) is 0 Å². The summed E-state index contributed by atoms with van der Waals surface area (Å²) in [6.45, 7) is 0.807. The smallest absolute Gasteiger partial charge is 0.433 e. The van der Waals surface area contributed by atoms with E-state index in [2.05, 4.69) is 9.97 Å². The lowest BCUT2D eigenvalue weighted by Crippen LogP contribution is -2.45. The van der Waals surface area contributed by atoms with Crippen molar-refractivity contribution in [2.75, 3.05) is 27.3 Å². The van der Waals surface area contributed by atoms with E-state index in [-0.39, 0.29) is 24.9 Å². The number of aromatic nitrogens is 2. The van der Waals surface area contributed by atoms with Crippen molar-refractivity contribution < 1.29 is 32.2 Å². The average molecular weight is 425 g/mol. The summed E-state index contributed by atoms with van der Waals surface area (Å²) in [4.78, 5) is 21.5. The summed E-state index contributed by atoms with van der Waals surface area (Å²) in [5.41, 5.74) is -0.299. The van der Waals surface area contributed by atoms with E-state index in [1.807, 2.05) is 0 Å². The second kappa shape index (κ2) is 9.19.